The summed E-state index contributed by atoms with van der Waals surface area (Å²) in [6.45, 7) is 5.62. The van der Waals surface area contributed by atoms with Crippen molar-refractivity contribution < 1.29 is 9.47 Å². The van der Waals surface area contributed by atoms with Crippen LogP contribution in [-0.4, -0.2) is 56.6 Å². The molecule has 140 valence electrons. The van der Waals surface area contributed by atoms with E-state index in [2.05, 4.69) is 30.0 Å². The number of anilines is 1. The van der Waals surface area contributed by atoms with E-state index in [-0.39, 0.29) is 6.10 Å². The summed E-state index contributed by atoms with van der Waals surface area (Å²) >= 11 is 0. The van der Waals surface area contributed by atoms with E-state index in [1.165, 1.54) is 0 Å². The van der Waals surface area contributed by atoms with Crippen molar-refractivity contribution in [2.75, 3.05) is 18.1 Å². The van der Waals surface area contributed by atoms with Crippen molar-refractivity contribution in [1.82, 2.24) is 25.1 Å². The molecule has 3 aromatic heterocycles. The van der Waals surface area contributed by atoms with Crippen molar-refractivity contribution >= 4 is 16.7 Å². The van der Waals surface area contributed by atoms with Gasteiger partial charge >= 0.3 is 0 Å². The van der Waals surface area contributed by atoms with Crippen LogP contribution in [0.1, 0.15) is 26.7 Å². The lowest BCUT2D eigenvalue weighted by molar-refractivity contribution is -0.0228. The first-order chi connectivity index (χ1) is 13.2. The lowest BCUT2D eigenvalue weighted by Gasteiger charge is -2.45. The number of ether oxygens (including phenoxy) is 2. The van der Waals surface area contributed by atoms with Gasteiger partial charge in [-0.2, -0.15) is 5.10 Å². The van der Waals surface area contributed by atoms with Crippen LogP contribution in [0.4, 0.5) is 5.82 Å². The van der Waals surface area contributed by atoms with Crippen LogP contribution >= 0.6 is 0 Å². The van der Waals surface area contributed by atoms with Gasteiger partial charge < -0.3 is 14.4 Å². The molecule has 3 aromatic rings. The zero-order valence-corrected chi connectivity index (χ0v) is 15.4. The Bertz CT molecular complexity index is 964. The van der Waals surface area contributed by atoms with Crippen molar-refractivity contribution in [1.29, 1.82) is 0 Å². The number of piperidine rings is 1. The Morgan fingerprint density at radius 1 is 1.22 bits per heavy atom. The molecule has 0 aliphatic carbocycles. The van der Waals surface area contributed by atoms with Crippen LogP contribution in [0.2, 0.25) is 0 Å². The number of morpholine rings is 1. The first-order valence-corrected chi connectivity index (χ1v) is 9.39. The number of pyridine rings is 1. The van der Waals surface area contributed by atoms with Gasteiger partial charge in [-0.1, -0.05) is 0 Å². The van der Waals surface area contributed by atoms with Gasteiger partial charge in [0.15, 0.2) is 0 Å². The molecule has 6 heterocycles. The molecule has 0 radical (unpaired) electrons. The van der Waals surface area contributed by atoms with E-state index in [0.717, 1.165) is 54.1 Å². The van der Waals surface area contributed by atoms with Gasteiger partial charge in [0.2, 0.25) is 5.88 Å². The molecule has 27 heavy (non-hydrogen) atoms. The Kier molecular flexibility index (Phi) is 3.93. The Balaban J connectivity index is 1.51. The molecule has 0 aromatic carbocycles. The molecule has 2 atom stereocenters. The van der Waals surface area contributed by atoms with Crippen LogP contribution in [0.25, 0.3) is 22.3 Å². The molecular formula is C19H22N6O2. The average molecular weight is 366 g/mol. The van der Waals surface area contributed by atoms with Crippen LogP contribution in [0, 0.1) is 0 Å². The van der Waals surface area contributed by atoms with Gasteiger partial charge in [0.25, 0.3) is 0 Å². The van der Waals surface area contributed by atoms with E-state index in [0.29, 0.717) is 18.0 Å². The number of hydrogen-bond donors (Lipinski definition) is 1. The summed E-state index contributed by atoms with van der Waals surface area (Å²) in [7, 11) is 0. The number of nitrogens with zero attached hydrogens (tertiary/aromatic N) is 5. The van der Waals surface area contributed by atoms with E-state index in [4.69, 9.17) is 9.47 Å². The summed E-state index contributed by atoms with van der Waals surface area (Å²) in [5.74, 6) is 1.52. The predicted octanol–water partition coefficient (Wildman–Crippen LogP) is 2.57. The van der Waals surface area contributed by atoms with Crippen molar-refractivity contribution in [3.63, 3.8) is 0 Å². The number of rotatable bonds is 4. The van der Waals surface area contributed by atoms with Crippen molar-refractivity contribution in [3.05, 3.63) is 24.7 Å². The predicted molar refractivity (Wildman–Crippen MR) is 101 cm³/mol. The average Bonchev–Trinajstić information content (AvgIpc) is 3.12. The third-order valence-corrected chi connectivity index (χ3v) is 5.16. The topological polar surface area (TPSA) is 89.0 Å². The Labute approximate surface area is 156 Å². The van der Waals surface area contributed by atoms with E-state index in [1.54, 1.807) is 12.5 Å². The highest BCUT2D eigenvalue weighted by molar-refractivity contribution is 5.92. The fourth-order valence-electron chi connectivity index (χ4n) is 3.86. The Hall–Kier alpha value is -2.74. The van der Waals surface area contributed by atoms with E-state index < -0.39 is 0 Å². The number of aromatic nitrogens is 5. The summed E-state index contributed by atoms with van der Waals surface area (Å²) in [5.41, 5.74) is 2.42. The summed E-state index contributed by atoms with van der Waals surface area (Å²) < 4.78 is 11.5. The summed E-state index contributed by atoms with van der Waals surface area (Å²) in [5, 5.41) is 8.44. The third-order valence-electron chi connectivity index (χ3n) is 5.16. The van der Waals surface area contributed by atoms with Gasteiger partial charge in [-0.25, -0.2) is 15.0 Å². The molecule has 3 aliphatic rings. The zero-order valence-electron chi connectivity index (χ0n) is 15.4. The van der Waals surface area contributed by atoms with E-state index in [1.807, 2.05) is 26.0 Å². The van der Waals surface area contributed by atoms with Crippen molar-refractivity contribution in [2.24, 2.45) is 0 Å². The molecule has 0 amide bonds. The van der Waals surface area contributed by atoms with Crippen LogP contribution < -0.4 is 9.64 Å². The van der Waals surface area contributed by atoms with Gasteiger partial charge in [0.05, 0.1) is 42.3 Å². The normalized spacial score (nSPS) is 22.0. The summed E-state index contributed by atoms with van der Waals surface area (Å²) in [4.78, 5) is 15.6. The monoisotopic (exact) mass is 366 g/mol. The molecule has 3 saturated heterocycles. The first kappa shape index (κ1) is 16.4. The second kappa shape index (κ2) is 6.45. The van der Waals surface area contributed by atoms with Gasteiger partial charge in [-0.05, 0) is 26.7 Å². The number of H-pyrrole nitrogens is 1. The molecule has 6 rings (SSSR count). The van der Waals surface area contributed by atoms with Gasteiger partial charge in [-0.3, -0.25) is 5.10 Å². The van der Waals surface area contributed by atoms with Crippen LogP contribution in [0.15, 0.2) is 24.7 Å². The highest BCUT2D eigenvalue weighted by Crippen LogP contribution is 2.32. The molecule has 3 aliphatic heterocycles. The minimum Gasteiger partial charge on any atom is -0.475 e. The molecule has 0 spiro atoms. The molecular weight excluding hydrogens is 344 g/mol. The molecule has 0 saturated carbocycles. The third kappa shape index (κ3) is 2.99. The van der Waals surface area contributed by atoms with Crippen LogP contribution in [0.3, 0.4) is 0 Å². The lowest BCUT2D eigenvalue weighted by Crippen LogP contribution is -2.54. The minimum atomic E-state index is 0.0627. The molecule has 2 bridgehead atoms. The van der Waals surface area contributed by atoms with Crippen LogP contribution in [-0.2, 0) is 4.74 Å². The SMILES string of the molecule is CC(C)Oc1cc2c(-c3cc(N4CC5CCC4CO5)ncn3)n[nH]c2cn1. The maximum atomic E-state index is 5.81. The van der Waals surface area contributed by atoms with Gasteiger partial charge in [0, 0.05) is 24.1 Å². The second-order valence-electron chi connectivity index (χ2n) is 7.41. The molecule has 3 fully saturated rings. The first-order valence-electron chi connectivity index (χ1n) is 9.39. The van der Waals surface area contributed by atoms with E-state index in [9.17, 15) is 0 Å². The highest BCUT2D eigenvalue weighted by Gasteiger charge is 2.35. The fourth-order valence-corrected chi connectivity index (χ4v) is 3.86. The number of nitrogens with one attached hydrogen (secondary N) is 1. The van der Waals surface area contributed by atoms with Gasteiger partial charge in [-0.15, -0.1) is 0 Å². The molecule has 8 heteroatoms. The molecule has 8 nitrogen and oxygen atoms in total. The number of aromatic amines is 1. The summed E-state index contributed by atoms with van der Waals surface area (Å²) in [6, 6.07) is 4.32. The van der Waals surface area contributed by atoms with E-state index >= 15 is 0 Å². The molecule has 1 N–H and O–H groups in total. The lowest BCUT2D eigenvalue weighted by atomic mass is 9.97. The second-order valence-corrected chi connectivity index (χ2v) is 7.41. The summed E-state index contributed by atoms with van der Waals surface area (Å²) in [6.07, 6.45) is 6.01. The van der Waals surface area contributed by atoms with Gasteiger partial charge in [0.1, 0.15) is 17.8 Å². The maximum absolute atomic E-state index is 5.81. The fraction of sp³-hybridized carbons (Fsp3) is 0.474. The highest BCUT2D eigenvalue weighted by atomic mass is 16.5. The van der Waals surface area contributed by atoms with Crippen molar-refractivity contribution in [2.45, 2.75) is 44.9 Å². The quantitative estimate of drug-likeness (QED) is 0.759. The largest absolute Gasteiger partial charge is 0.475 e. The zero-order chi connectivity index (χ0) is 18.4. The molecule has 2 unspecified atom stereocenters. The van der Waals surface area contributed by atoms with Crippen LogP contribution in [0.5, 0.6) is 5.88 Å². The van der Waals surface area contributed by atoms with Crippen molar-refractivity contribution in [3.8, 4) is 17.3 Å². The Morgan fingerprint density at radius 3 is 2.89 bits per heavy atom. The number of hydrogen-bond acceptors (Lipinski definition) is 7. The maximum Gasteiger partial charge on any atom is 0.214 e. The number of fused-ring (bicyclic) bond motifs is 4. The minimum absolute atomic E-state index is 0.0627. The Morgan fingerprint density at radius 2 is 2.15 bits per heavy atom. The standard InChI is InChI=1S/C19H22N6O2/c1-11(2)27-18-5-14-16(7-20-18)23-24-19(14)15-6-17(22-10-21-15)25-8-13-4-3-12(25)9-26-13/h5-7,10-13H,3-4,8-9H2,1-2H3,(H,23,24). The smallest absolute Gasteiger partial charge is 0.214 e.